The molecular weight excluding hydrogens is 657 g/mol. The van der Waals surface area contributed by atoms with E-state index < -0.39 is 35.8 Å². The summed E-state index contributed by atoms with van der Waals surface area (Å²) in [6.45, 7) is 0.472. The third-order valence-electron chi connectivity index (χ3n) is 5.72. The molecule has 212 valence electrons. The van der Waals surface area contributed by atoms with Crippen LogP contribution in [-0.4, -0.2) is 57.1 Å². The van der Waals surface area contributed by atoms with Crippen molar-refractivity contribution in [2.45, 2.75) is 9.79 Å². The van der Waals surface area contributed by atoms with E-state index in [1.165, 1.54) is 24.3 Å². The number of hydrogen-bond acceptors (Lipinski definition) is 14. The van der Waals surface area contributed by atoms with Crippen molar-refractivity contribution in [2.24, 2.45) is 16.5 Å². The largest absolute Gasteiger partial charge is 1.00 e. The number of hydrogen-bond donors (Lipinski definition) is 4. The zero-order valence-electron chi connectivity index (χ0n) is 22.0. The van der Waals surface area contributed by atoms with Crippen molar-refractivity contribution < 1.29 is 94.2 Å². The van der Waals surface area contributed by atoms with Gasteiger partial charge in [0.15, 0.2) is 22.8 Å². The van der Waals surface area contributed by atoms with Crippen molar-refractivity contribution in [3.05, 3.63) is 39.7 Å². The first-order valence-corrected chi connectivity index (χ1v) is 14.9. The molecule has 0 unspecified atom stereocenters. The fourth-order valence-corrected chi connectivity index (χ4v) is 6.20. The average Bonchev–Trinajstić information content (AvgIpc) is 2.90. The van der Waals surface area contributed by atoms with Gasteiger partial charge in [-0.1, -0.05) is 23.2 Å². The third-order valence-corrected chi connectivity index (χ3v) is 8.23. The van der Waals surface area contributed by atoms with E-state index in [-0.39, 0.29) is 146 Å². The number of halogens is 2. The van der Waals surface area contributed by atoms with E-state index >= 15 is 0 Å². The summed E-state index contributed by atoms with van der Waals surface area (Å²) in [5.74, 6) is -0.933. The molecule has 0 fully saturated rings. The van der Waals surface area contributed by atoms with Crippen molar-refractivity contribution in [3.8, 4) is 23.0 Å². The van der Waals surface area contributed by atoms with Crippen molar-refractivity contribution in [2.75, 3.05) is 36.8 Å². The zero-order chi connectivity index (χ0) is 29.0. The van der Waals surface area contributed by atoms with Gasteiger partial charge in [0.05, 0.1) is 23.3 Å². The topological polar surface area (TPSA) is 238 Å². The fraction of sp³-hybridized carbons (Fsp3) is 0.182. The second kappa shape index (κ2) is 13.4. The van der Waals surface area contributed by atoms with Gasteiger partial charge >= 0.3 is 59.1 Å². The summed E-state index contributed by atoms with van der Waals surface area (Å²) in [5.41, 5.74) is 10.6. The Morgan fingerprint density at radius 1 is 0.952 bits per heavy atom. The number of rotatable bonds is 7. The first kappa shape index (κ1) is 35.3. The van der Waals surface area contributed by atoms with Crippen LogP contribution in [0.5, 0.6) is 11.5 Å². The van der Waals surface area contributed by atoms with Crippen LogP contribution in [0.1, 0.15) is 0 Å². The van der Waals surface area contributed by atoms with Crippen molar-refractivity contribution in [1.29, 1.82) is 0 Å². The Kier molecular flexibility index (Phi) is 11.3. The summed E-state index contributed by atoms with van der Waals surface area (Å²) in [6, 6.07) is 5.40. The Labute approximate surface area is 293 Å². The summed E-state index contributed by atoms with van der Waals surface area (Å²) in [5, 5.41) is 5.07. The molecule has 2 aromatic rings. The molecule has 2 heterocycles. The van der Waals surface area contributed by atoms with Gasteiger partial charge in [-0.3, -0.25) is 4.99 Å². The molecule has 3 aliphatic rings. The number of anilines is 3. The molecule has 0 atom stereocenters. The molecule has 2 aromatic carbocycles. The molecule has 6 N–H and O–H groups in total. The average molecular weight is 675 g/mol. The summed E-state index contributed by atoms with van der Waals surface area (Å²) in [7, 11) is -10.2. The minimum Gasteiger partial charge on any atom is -0.744 e. The predicted octanol–water partition coefficient (Wildman–Crippen LogP) is -3.87. The van der Waals surface area contributed by atoms with Gasteiger partial charge in [-0.15, -0.1) is 0 Å². The van der Waals surface area contributed by atoms with Crippen molar-refractivity contribution in [3.63, 3.8) is 0 Å². The Bertz CT molecular complexity index is 1960. The minimum absolute atomic E-state index is 0. The maximum atomic E-state index is 12.2. The van der Waals surface area contributed by atoms with Crippen molar-refractivity contribution in [1.82, 2.24) is 4.98 Å². The molecular formula is C22H18Cl2N6Na2O8S2. The standard InChI is InChI=1S/C22H20Cl2N6O8S2.2Na/c23-13-15-19(37-17-9(29-15)1-3-11(27-7-5-25)21(17)39(31,32)33)14(24)16-20(13)38-18-10(30-16)2-4-12(28-8-6-26)22(18)40(34,35)36;;/h1-4,27,29H,5-8,25-26H2,(H,31,32,33)(H,34,35,36);;/q;2*+1/p-2. The Morgan fingerprint density at radius 2 is 1.64 bits per heavy atom. The molecule has 5 rings (SSSR count). The van der Waals surface area contributed by atoms with E-state index in [1.807, 2.05) is 0 Å². The van der Waals surface area contributed by atoms with Crippen LogP contribution in [0.15, 0.2) is 43.5 Å². The van der Waals surface area contributed by atoms with E-state index in [0.717, 1.165) is 0 Å². The van der Waals surface area contributed by atoms with Gasteiger partial charge in [0.25, 0.3) is 0 Å². The van der Waals surface area contributed by atoms with Gasteiger partial charge in [0.1, 0.15) is 57.0 Å². The van der Waals surface area contributed by atoms with Gasteiger partial charge < -0.3 is 40.4 Å². The second-order valence-electron chi connectivity index (χ2n) is 8.33. The summed E-state index contributed by atoms with van der Waals surface area (Å²) in [4.78, 5) is 6.94. The van der Waals surface area contributed by atoms with Crippen LogP contribution in [0.4, 0.5) is 17.1 Å². The molecule has 0 bridgehead atoms. The van der Waals surface area contributed by atoms with Crippen LogP contribution in [-0.2, 0) is 20.2 Å². The SMILES string of the molecule is NCCN=c1ccc2nc3c(Cl)c4c(c(Cl)c3oc-2c1S(=O)(=O)[O-])Nc1ccc(NCCN)c(S(=O)(=O)[O-])c1O4.[Na+].[Na+]. The molecule has 14 nitrogen and oxygen atoms in total. The number of ether oxygens (including phenoxy) is 1. The first-order valence-electron chi connectivity index (χ1n) is 11.3. The monoisotopic (exact) mass is 674 g/mol. The van der Waals surface area contributed by atoms with E-state index in [9.17, 15) is 25.9 Å². The van der Waals surface area contributed by atoms with E-state index in [2.05, 4.69) is 20.6 Å². The molecule has 0 spiro atoms. The molecule has 20 heteroatoms. The van der Waals surface area contributed by atoms with Crippen LogP contribution >= 0.6 is 23.2 Å². The molecule has 0 amide bonds. The number of nitrogens with zero attached hydrogens (tertiary/aromatic N) is 2. The number of benzene rings is 3. The van der Waals surface area contributed by atoms with Gasteiger partial charge in [0, 0.05) is 19.6 Å². The number of nitrogens with two attached hydrogens (primary N) is 2. The van der Waals surface area contributed by atoms with Gasteiger partial charge in [-0.05, 0) is 24.3 Å². The van der Waals surface area contributed by atoms with E-state index in [0.29, 0.717) is 0 Å². The molecule has 42 heavy (non-hydrogen) atoms. The molecule has 0 saturated heterocycles. The quantitative estimate of drug-likeness (QED) is 0.0735. The Hall–Kier alpha value is -1.22. The summed E-state index contributed by atoms with van der Waals surface area (Å²) < 4.78 is 84.8. The molecule has 0 radical (unpaired) electrons. The van der Waals surface area contributed by atoms with Crippen LogP contribution in [0.3, 0.4) is 0 Å². The molecule has 1 aliphatic carbocycles. The van der Waals surface area contributed by atoms with Gasteiger partial charge in [0.2, 0.25) is 0 Å². The third kappa shape index (κ3) is 6.43. The fourth-order valence-electron chi connectivity index (χ4n) is 4.13. The molecule has 2 aliphatic heterocycles. The number of nitrogens with one attached hydrogen (secondary N) is 2. The Morgan fingerprint density at radius 3 is 2.26 bits per heavy atom. The number of aromatic nitrogens is 1. The Balaban J connectivity index is 0.00000242. The second-order valence-corrected chi connectivity index (χ2v) is 11.7. The summed E-state index contributed by atoms with van der Waals surface area (Å²) >= 11 is 13.2. The molecule has 0 aromatic heterocycles. The van der Waals surface area contributed by atoms with Crippen LogP contribution in [0, 0.1) is 0 Å². The van der Waals surface area contributed by atoms with Crippen LogP contribution in [0.2, 0.25) is 10.0 Å². The number of fused-ring (bicyclic) bond motifs is 4. The van der Waals surface area contributed by atoms with Gasteiger partial charge in [-0.2, -0.15) is 0 Å². The summed E-state index contributed by atoms with van der Waals surface area (Å²) in [6.07, 6.45) is 0. The van der Waals surface area contributed by atoms with Crippen LogP contribution in [0.25, 0.3) is 22.6 Å². The minimum atomic E-state index is -5.10. The van der Waals surface area contributed by atoms with Crippen molar-refractivity contribution >= 4 is 71.6 Å². The van der Waals surface area contributed by atoms with Crippen LogP contribution < -0.4 is 91.3 Å². The van der Waals surface area contributed by atoms with Gasteiger partial charge in [-0.25, -0.2) is 21.8 Å². The maximum absolute atomic E-state index is 12.2. The molecule has 0 saturated carbocycles. The van der Waals surface area contributed by atoms with E-state index in [1.54, 1.807) is 0 Å². The predicted molar refractivity (Wildman–Crippen MR) is 143 cm³/mol. The van der Waals surface area contributed by atoms with E-state index in [4.69, 9.17) is 43.8 Å². The normalized spacial score (nSPS) is 13.0. The maximum Gasteiger partial charge on any atom is 1.00 e. The first-order chi connectivity index (χ1) is 18.9. The smallest absolute Gasteiger partial charge is 0.744 e. The zero-order valence-corrected chi connectivity index (χ0v) is 29.2.